The van der Waals surface area contributed by atoms with Gasteiger partial charge in [0, 0.05) is 51.5 Å². The van der Waals surface area contributed by atoms with Gasteiger partial charge >= 0.3 is 25.7 Å². The molecule has 10 heteroatoms. The SMILES string of the molecule is CO[Si](C[SiH](C[Si](OC)(OC)c1ccccc1)C[Si](OC)(OC)c1ccccc1)(OC)c1ccccc1. The molecule has 0 saturated heterocycles. The van der Waals surface area contributed by atoms with E-state index < -0.39 is 34.5 Å². The average Bonchev–Trinajstić information content (AvgIpc) is 2.98. The Hall–Kier alpha value is -1.71. The van der Waals surface area contributed by atoms with Crippen molar-refractivity contribution in [3.05, 3.63) is 91.0 Å². The van der Waals surface area contributed by atoms with Crippen molar-refractivity contribution in [1.29, 1.82) is 0 Å². The van der Waals surface area contributed by atoms with Crippen LogP contribution in [0.25, 0.3) is 0 Å². The minimum Gasteiger partial charge on any atom is -0.394 e. The Morgan fingerprint density at radius 2 is 0.622 bits per heavy atom. The zero-order valence-electron chi connectivity index (χ0n) is 22.8. The first-order valence-electron chi connectivity index (χ1n) is 12.4. The second-order valence-electron chi connectivity index (χ2n) is 9.06. The van der Waals surface area contributed by atoms with Crippen LogP contribution in [0.3, 0.4) is 0 Å². The Bertz CT molecular complexity index is 910. The first kappa shape index (κ1) is 29.8. The maximum Gasteiger partial charge on any atom is 0.368 e. The van der Waals surface area contributed by atoms with Gasteiger partial charge in [-0.1, -0.05) is 91.0 Å². The Morgan fingerprint density at radius 1 is 0.405 bits per heavy atom. The molecular weight excluding hydrogens is 533 g/mol. The summed E-state index contributed by atoms with van der Waals surface area (Å²) in [5.41, 5.74) is 2.52. The molecule has 0 spiro atoms. The largest absolute Gasteiger partial charge is 0.394 e. The predicted molar refractivity (Wildman–Crippen MR) is 159 cm³/mol. The Morgan fingerprint density at radius 3 is 0.811 bits per heavy atom. The van der Waals surface area contributed by atoms with Gasteiger partial charge in [-0.25, -0.2) is 0 Å². The number of benzene rings is 3. The molecule has 0 atom stereocenters. The van der Waals surface area contributed by atoms with Crippen molar-refractivity contribution in [2.75, 3.05) is 42.7 Å². The van der Waals surface area contributed by atoms with Crippen molar-refractivity contribution in [3.8, 4) is 0 Å². The van der Waals surface area contributed by atoms with Gasteiger partial charge in [0.15, 0.2) is 0 Å². The summed E-state index contributed by atoms with van der Waals surface area (Å²) in [6.07, 6.45) is 0. The van der Waals surface area contributed by atoms with Crippen molar-refractivity contribution in [2.45, 2.75) is 17.0 Å². The van der Waals surface area contributed by atoms with Gasteiger partial charge in [-0.15, -0.1) is 0 Å². The molecule has 0 saturated carbocycles. The van der Waals surface area contributed by atoms with Crippen LogP contribution in [0, 0.1) is 0 Å². The molecule has 3 aromatic carbocycles. The van der Waals surface area contributed by atoms with Crippen LogP contribution in [-0.4, -0.2) is 77.1 Å². The molecule has 6 nitrogen and oxygen atoms in total. The summed E-state index contributed by atoms with van der Waals surface area (Å²) in [5, 5.41) is 3.38. The Kier molecular flexibility index (Phi) is 11.2. The topological polar surface area (TPSA) is 55.4 Å². The van der Waals surface area contributed by atoms with Gasteiger partial charge in [0.1, 0.15) is 0 Å². The van der Waals surface area contributed by atoms with Crippen LogP contribution in [0.15, 0.2) is 91.0 Å². The third kappa shape index (κ3) is 6.65. The molecule has 37 heavy (non-hydrogen) atoms. The molecule has 200 valence electrons. The van der Waals surface area contributed by atoms with Crippen molar-refractivity contribution in [2.24, 2.45) is 0 Å². The molecule has 0 aliphatic rings. The van der Waals surface area contributed by atoms with Gasteiger partial charge in [-0.3, -0.25) is 0 Å². The highest BCUT2D eigenvalue weighted by atomic mass is 28.4. The van der Waals surface area contributed by atoms with Crippen molar-refractivity contribution >= 4 is 50.0 Å². The van der Waals surface area contributed by atoms with E-state index >= 15 is 0 Å². The lowest BCUT2D eigenvalue weighted by Crippen LogP contribution is -2.62. The van der Waals surface area contributed by atoms with E-state index in [1.54, 1.807) is 42.7 Å². The van der Waals surface area contributed by atoms with E-state index in [-0.39, 0.29) is 0 Å². The van der Waals surface area contributed by atoms with Crippen molar-refractivity contribution in [3.63, 3.8) is 0 Å². The Balaban J connectivity index is 2.11. The highest BCUT2D eigenvalue weighted by Crippen LogP contribution is 2.28. The highest BCUT2D eigenvalue weighted by Gasteiger charge is 2.51. The summed E-state index contributed by atoms with van der Waals surface area (Å²) in [6.45, 7) is 0. The van der Waals surface area contributed by atoms with E-state index in [1.165, 1.54) is 0 Å². The zero-order chi connectivity index (χ0) is 26.8. The standard InChI is InChI=1S/C27H40O6Si4/c1-28-35(29-2,25-16-10-7-11-17-25)22-34(23-36(30-3,31-4)26-18-12-8-13-19-26)24-37(32-5,33-6)27-20-14-9-15-21-27/h7-21,34H,22-24H2,1-6H3. The zero-order valence-corrected chi connectivity index (χ0v) is 27.0. The van der Waals surface area contributed by atoms with Crippen LogP contribution in [0.4, 0.5) is 0 Å². The van der Waals surface area contributed by atoms with Crippen LogP contribution in [0.2, 0.25) is 17.0 Å². The fraction of sp³-hybridized carbons (Fsp3) is 0.333. The molecule has 0 aliphatic heterocycles. The van der Waals surface area contributed by atoms with Gasteiger partial charge in [0.25, 0.3) is 0 Å². The third-order valence-electron chi connectivity index (χ3n) is 7.29. The number of hydrogen-bond acceptors (Lipinski definition) is 6. The Labute approximate surface area is 226 Å². The van der Waals surface area contributed by atoms with Gasteiger partial charge in [0.2, 0.25) is 0 Å². The predicted octanol–water partition coefficient (Wildman–Crippen LogP) is 2.76. The van der Waals surface area contributed by atoms with Crippen LogP contribution in [-0.2, 0) is 26.6 Å². The molecule has 0 unspecified atom stereocenters. The third-order valence-corrected chi connectivity index (χ3v) is 28.3. The van der Waals surface area contributed by atoms with Crippen molar-refractivity contribution < 1.29 is 26.6 Å². The lowest BCUT2D eigenvalue weighted by atomic mass is 10.4. The lowest BCUT2D eigenvalue weighted by molar-refractivity contribution is 0.258. The van der Waals surface area contributed by atoms with E-state index in [2.05, 4.69) is 36.4 Å². The molecule has 0 N–H and O–H groups in total. The van der Waals surface area contributed by atoms with E-state index in [4.69, 9.17) is 26.6 Å². The summed E-state index contributed by atoms with van der Waals surface area (Å²) in [7, 11) is 0.608. The second kappa shape index (κ2) is 13.9. The summed E-state index contributed by atoms with van der Waals surface area (Å²) < 4.78 is 37.8. The molecule has 0 radical (unpaired) electrons. The maximum absolute atomic E-state index is 6.30. The summed E-state index contributed by atoms with van der Waals surface area (Å²) >= 11 is 0. The monoisotopic (exact) mass is 572 g/mol. The van der Waals surface area contributed by atoms with Crippen LogP contribution in [0.5, 0.6) is 0 Å². The molecule has 0 aliphatic carbocycles. The minimum atomic E-state index is -2.75. The summed E-state index contributed by atoms with van der Waals surface area (Å²) in [4.78, 5) is 0. The molecule has 3 aromatic rings. The summed E-state index contributed by atoms with van der Waals surface area (Å²) in [5.74, 6) is 0. The molecular formula is C27H40O6Si4. The highest BCUT2D eigenvalue weighted by molar-refractivity contribution is 7.02. The maximum atomic E-state index is 6.30. The second-order valence-corrected chi connectivity index (χ2v) is 24.4. The minimum absolute atomic E-state index is 0.840. The molecule has 0 fully saturated rings. The molecule has 0 heterocycles. The molecule has 0 aromatic heterocycles. The number of hydrogen-bond donors (Lipinski definition) is 0. The van der Waals surface area contributed by atoms with Gasteiger partial charge in [-0.05, 0) is 32.6 Å². The van der Waals surface area contributed by atoms with E-state index in [9.17, 15) is 0 Å². The smallest absolute Gasteiger partial charge is 0.368 e. The quantitative estimate of drug-likeness (QED) is 0.261. The van der Waals surface area contributed by atoms with Crippen LogP contribution < -0.4 is 15.6 Å². The van der Waals surface area contributed by atoms with Crippen LogP contribution in [0.1, 0.15) is 0 Å². The average molecular weight is 573 g/mol. The first-order chi connectivity index (χ1) is 18.0. The normalized spacial score (nSPS) is 12.7. The lowest BCUT2D eigenvalue weighted by Gasteiger charge is -2.38. The van der Waals surface area contributed by atoms with Crippen LogP contribution >= 0.6 is 0 Å². The first-order valence-corrected chi connectivity index (χ1v) is 21.0. The molecule has 3 rings (SSSR count). The molecule has 0 bridgehead atoms. The van der Waals surface area contributed by atoms with Gasteiger partial charge in [-0.2, -0.15) is 0 Å². The van der Waals surface area contributed by atoms with E-state index in [1.807, 2.05) is 54.6 Å². The van der Waals surface area contributed by atoms with E-state index in [0.717, 1.165) is 32.6 Å². The molecule has 0 amide bonds. The van der Waals surface area contributed by atoms with E-state index in [0.29, 0.717) is 0 Å². The van der Waals surface area contributed by atoms with Gasteiger partial charge < -0.3 is 26.6 Å². The fourth-order valence-electron chi connectivity index (χ4n) is 5.24. The number of rotatable bonds is 15. The summed E-state index contributed by atoms with van der Waals surface area (Å²) in [6, 6.07) is 31.1. The van der Waals surface area contributed by atoms with Crippen molar-refractivity contribution in [1.82, 2.24) is 0 Å². The fourth-order valence-corrected chi connectivity index (χ4v) is 30.8. The van der Waals surface area contributed by atoms with Gasteiger partial charge in [0.05, 0.1) is 0 Å².